The van der Waals surface area contributed by atoms with Crippen molar-refractivity contribution in [3.05, 3.63) is 15.6 Å². The van der Waals surface area contributed by atoms with E-state index in [0.717, 1.165) is 49.8 Å². The normalized spacial score (nSPS) is 23.0. The topological polar surface area (TPSA) is 57.3 Å². The van der Waals surface area contributed by atoms with Gasteiger partial charge in [-0.1, -0.05) is 6.42 Å². The first-order valence-electron chi connectivity index (χ1n) is 9.49. The standard InChI is InChI=1S/C18H28N4OS/c1-12(17-21-15-6-3-7-16(15)24-17)19-18(23)22-10-8-14(9-11-22)20-13-4-2-5-13/h12-14,20H,2-11H2,1H3,(H,19,23). The minimum atomic E-state index is 0.0129. The van der Waals surface area contributed by atoms with E-state index in [1.807, 2.05) is 4.90 Å². The van der Waals surface area contributed by atoms with Crippen LogP contribution in [-0.4, -0.2) is 41.1 Å². The van der Waals surface area contributed by atoms with Crippen LogP contribution in [0.3, 0.4) is 0 Å². The van der Waals surface area contributed by atoms with Crippen molar-refractivity contribution in [2.75, 3.05) is 13.1 Å². The third kappa shape index (κ3) is 3.45. The number of amides is 2. The third-order valence-corrected chi connectivity index (χ3v) is 7.02. The molecule has 1 atom stereocenters. The van der Waals surface area contributed by atoms with E-state index in [1.165, 1.54) is 36.3 Å². The number of fused-ring (bicyclic) bond motifs is 1. The van der Waals surface area contributed by atoms with Gasteiger partial charge in [-0.15, -0.1) is 11.3 Å². The average molecular weight is 349 g/mol. The highest BCUT2D eigenvalue weighted by Gasteiger charge is 2.28. The molecule has 5 nitrogen and oxygen atoms in total. The number of likely N-dealkylation sites (tertiary alicyclic amines) is 1. The lowest BCUT2D eigenvalue weighted by molar-refractivity contribution is 0.166. The summed E-state index contributed by atoms with van der Waals surface area (Å²) in [6.07, 6.45) is 9.68. The van der Waals surface area contributed by atoms with E-state index in [2.05, 4.69) is 17.6 Å². The van der Waals surface area contributed by atoms with Crippen LogP contribution in [0.4, 0.5) is 4.79 Å². The van der Waals surface area contributed by atoms with Gasteiger partial charge in [-0.05, 0) is 51.9 Å². The number of aromatic nitrogens is 1. The highest BCUT2D eigenvalue weighted by molar-refractivity contribution is 7.11. The number of hydrogen-bond donors (Lipinski definition) is 2. The molecule has 2 fully saturated rings. The molecular weight excluding hydrogens is 320 g/mol. The number of hydrogen-bond acceptors (Lipinski definition) is 4. The van der Waals surface area contributed by atoms with Gasteiger partial charge < -0.3 is 15.5 Å². The summed E-state index contributed by atoms with van der Waals surface area (Å²) >= 11 is 1.78. The van der Waals surface area contributed by atoms with Gasteiger partial charge in [-0.25, -0.2) is 9.78 Å². The zero-order chi connectivity index (χ0) is 16.5. The molecule has 2 amide bonds. The molecule has 2 heterocycles. The number of nitrogens with zero attached hydrogens (tertiary/aromatic N) is 2. The Labute approximate surface area is 148 Å². The minimum absolute atomic E-state index is 0.0129. The summed E-state index contributed by atoms with van der Waals surface area (Å²) in [6.45, 7) is 3.77. The summed E-state index contributed by atoms with van der Waals surface area (Å²) in [7, 11) is 0. The Morgan fingerprint density at radius 1 is 1.17 bits per heavy atom. The van der Waals surface area contributed by atoms with Gasteiger partial charge in [0.05, 0.1) is 11.7 Å². The molecular formula is C18H28N4OS. The Kier molecular flexibility index (Phi) is 4.77. The molecule has 1 saturated heterocycles. The molecule has 1 aromatic heterocycles. The molecule has 0 bridgehead atoms. The van der Waals surface area contributed by atoms with Crippen molar-refractivity contribution >= 4 is 17.4 Å². The summed E-state index contributed by atoms with van der Waals surface area (Å²) in [6, 6.07) is 1.42. The molecule has 1 aliphatic heterocycles. The van der Waals surface area contributed by atoms with Crippen molar-refractivity contribution in [3.63, 3.8) is 0 Å². The predicted octanol–water partition coefficient (Wildman–Crippen LogP) is 3.01. The first-order chi connectivity index (χ1) is 11.7. The van der Waals surface area contributed by atoms with Gasteiger partial charge in [0.25, 0.3) is 0 Å². The maximum atomic E-state index is 12.5. The van der Waals surface area contributed by atoms with Crippen LogP contribution in [0.5, 0.6) is 0 Å². The van der Waals surface area contributed by atoms with Gasteiger partial charge in [0.15, 0.2) is 0 Å². The van der Waals surface area contributed by atoms with E-state index < -0.39 is 0 Å². The number of aryl methyl sites for hydroxylation is 2. The van der Waals surface area contributed by atoms with Gasteiger partial charge in [0.1, 0.15) is 5.01 Å². The largest absolute Gasteiger partial charge is 0.329 e. The van der Waals surface area contributed by atoms with Gasteiger partial charge >= 0.3 is 6.03 Å². The van der Waals surface area contributed by atoms with E-state index in [-0.39, 0.29) is 12.1 Å². The summed E-state index contributed by atoms with van der Waals surface area (Å²) in [5.74, 6) is 0. The maximum Gasteiger partial charge on any atom is 0.317 e. The monoisotopic (exact) mass is 348 g/mol. The zero-order valence-electron chi connectivity index (χ0n) is 14.5. The highest BCUT2D eigenvalue weighted by Crippen LogP contribution is 2.30. The minimum Gasteiger partial charge on any atom is -0.329 e. The number of thiazole rings is 1. The summed E-state index contributed by atoms with van der Waals surface area (Å²) < 4.78 is 0. The molecule has 24 heavy (non-hydrogen) atoms. The molecule has 0 spiro atoms. The van der Waals surface area contributed by atoms with Gasteiger partial charge in [0.2, 0.25) is 0 Å². The van der Waals surface area contributed by atoms with Crippen LogP contribution in [-0.2, 0) is 12.8 Å². The lowest BCUT2D eigenvalue weighted by Crippen LogP contribution is -2.51. The zero-order valence-corrected chi connectivity index (χ0v) is 15.3. The van der Waals surface area contributed by atoms with Crippen LogP contribution in [0.25, 0.3) is 0 Å². The summed E-state index contributed by atoms with van der Waals surface area (Å²) in [4.78, 5) is 20.6. The number of urea groups is 1. The molecule has 0 aromatic carbocycles. The average Bonchev–Trinajstić information content (AvgIpc) is 3.13. The Hall–Kier alpha value is -1.14. The van der Waals surface area contributed by atoms with Crippen molar-refractivity contribution in [2.24, 2.45) is 0 Å². The number of carbonyl (C=O) groups is 1. The van der Waals surface area contributed by atoms with E-state index >= 15 is 0 Å². The highest BCUT2D eigenvalue weighted by atomic mass is 32.1. The van der Waals surface area contributed by atoms with Crippen LogP contribution in [0.2, 0.25) is 0 Å². The van der Waals surface area contributed by atoms with Crippen molar-refractivity contribution < 1.29 is 4.79 Å². The van der Waals surface area contributed by atoms with E-state index in [1.54, 1.807) is 11.3 Å². The summed E-state index contributed by atoms with van der Waals surface area (Å²) in [5.41, 5.74) is 1.26. The quantitative estimate of drug-likeness (QED) is 0.879. The Balaban J connectivity index is 1.25. The lowest BCUT2D eigenvalue weighted by atomic mass is 9.91. The molecule has 2 N–H and O–H groups in total. The Bertz CT molecular complexity index is 568. The maximum absolute atomic E-state index is 12.5. The molecule has 1 unspecified atom stereocenters. The fourth-order valence-electron chi connectivity index (χ4n) is 3.89. The van der Waals surface area contributed by atoms with Gasteiger partial charge in [-0.3, -0.25) is 0 Å². The third-order valence-electron chi connectivity index (χ3n) is 5.68. The van der Waals surface area contributed by atoms with Crippen LogP contribution in [0, 0.1) is 0 Å². The molecule has 6 heteroatoms. The van der Waals surface area contributed by atoms with Crippen LogP contribution in [0.1, 0.15) is 67.1 Å². The van der Waals surface area contributed by atoms with Crippen LogP contribution >= 0.6 is 11.3 Å². The Morgan fingerprint density at radius 2 is 1.92 bits per heavy atom. The van der Waals surface area contributed by atoms with Crippen molar-refractivity contribution in [1.29, 1.82) is 0 Å². The van der Waals surface area contributed by atoms with Crippen molar-refractivity contribution in [3.8, 4) is 0 Å². The first kappa shape index (κ1) is 16.3. The van der Waals surface area contributed by atoms with E-state index in [4.69, 9.17) is 4.98 Å². The van der Waals surface area contributed by atoms with Gasteiger partial charge in [-0.2, -0.15) is 0 Å². The van der Waals surface area contributed by atoms with Gasteiger partial charge in [0, 0.05) is 30.1 Å². The number of carbonyl (C=O) groups excluding carboxylic acids is 1. The SMILES string of the molecule is CC(NC(=O)N1CCC(NC2CCC2)CC1)c1nc2c(s1)CCC2. The second kappa shape index (κ2) is 7.00. The first-order valence-corrected chi connectivity index (χ1v) is 10.3. The molecule has 2 aliphatic carbocycles. The fraction of sp³-hybridized carbons (Fsp3) is 0.778. The fourth-order valence-corrected chi connectivity index (χ4v) is 5.05. The molecule has 3 aliphatic rings. The second-order valence-electron chi connectivity index (χ2n) is 7.50. The number of rotatable bonds is 4. The second-order valence-corrected chi connectivity index (χ2v) is 8.62. The van der Waals surface area contributed by atoms with Crippen molar-refractivity contribution in [2.45, 2.75) is 76.4 Å². The summed E-state index contributed by atoms with van der Waals surface area (Å²) in [5, 5.41) is 7.95. The molecule has 0 radical (unpaired) electrons. The molecule has 4 rings (SSSR count). The van der Waals surface area contributed by atoms with Crippen molar-refractivity contribution in [1.82, 2.24) is 20.5 Å². The van der Waals surface area contributed by atoms with E-state index in [9.17, 15) is 4.79 Å². The molecule has 132 valence electrons. The molecule has 1 aromatic rings. The van der Waals surface area contributed by atoms with E-state index in [0.29, 0.717) is 6.04 Å². The smallest absolute Gasteiger partial charge is 0.317 e. The number of nitrogens with one attached hydrogen (secondary N) is 2. The van der Waals surface area contributed by atoms with Crippen LogP contribution in [0.15, 0.2) is 0 Å². The number of piperidine rings is 1. The Morgan fingerprint density at radius 3 is 2.58 bits per heavy atom. The van der Waals surface area contributed by atoms with Crippen LogP contribution < -0.4 is 10.6 Å². The predicted molar refractivity (Wildman–Crippen MR) is 96.5 cm³/mol. The lowest BCUT2D eigenvalue weighted by Gasteiger charge is -2.37. The molecule has 1 saturated carbocycles.